The zero-order valence-electron chi connectivity index (χ0n) is 7.55. The minimum atomic E-state index is -0.236. The minimum absolute atomic E-state index is 0.194. The fraction of sp³-hybridized carbons (Fsp3) is 0.273. The first kappa shape index (κ1) is 8.45. The number of aryl methyl sites for hydroxylation is 1. The summed E-state index contributed by atoms with van der Waals surface area (Å²) in [5.41, 5.74) is 8.52. The van der Waals surface area contributed by atoms with Gasteiger partial charge in [0.1, 0.15) is 5.82 Å². The first-order chi connectivity index (χ1) is 6.18. The molecule has 0 heterocycles. The van der Waals surface area contributed by atoms with Crippen LogP contribution in [0.5, 0.6) is 0 Å². The molecule has 13 heavy (non-hydrogen) atoms. The lowest BCUT2D eigenvalue weighted by atomic mass is 10.0. The summed E-state index contributed by atoms with van der Waals surface area (Å²) in [4.78, 5) is 0. The number of rotatable bonds is 2. The molecular formula is C11H12FN. The van der Waals surface area contributed by atoms with E-state index in [0.29, 0.717) is 5.56 Å². The van der Waals surface area contributed by atoms with Crippen molar-refractivity contribution in [3.8, 4) is 0 Å². The molecule has 1 nitrogen and oxygen atoms in total. The molecule has 2 rings (SSSR count). The van der Waals surface area contributed by atoms with E-state index in [9.17, 15) is 4.39 Å². The third-order valence-corrected chi connectivity index (χ3v) is 2.33. The molecule has 0 aliphatic heterocycles. The van der Waals surface area contributed by atoms with Gasteiger partial charge in [-0.2, -0.15) is 0 Å². The Hall–Kier alpha value is -1.15. The van der Waals surface area contributed by atoms with Crippen LogP contribution in [0.3, 0.4) is 0 Å². The molecule has 1 atom stereocenters. The zero-order valence-corrected chi connectivity index (χ0v) is 7.55. The van der Waals surface area contributed by atoms with Gasteiger partial charge in [0.25, 0.3) is 0 Å². The maximum Gasteiger partial charge on any atom is 0.128 e. The van der Waals surface area contributed by atoms with Crippen LogP contribution in [0.2, 0.25) is 0 Å². The quantitative estimate of drug-likeness (QED) is 0.690. The Morgan fingerprint density at radius 2 is 2.15 bits per heavy atom. The summed E-state index contributed by atoms with van der Waals surface area (Å²) in [7, 11) is 0. The van der Waals surface area contributed by atoms with E-state index >= 15 is 0 Å². The first-order valence-corrected chi connectivity index (χ1v) is 4.39. The van der Waals surface area contributed by atoms with Gasteiger partial charge in [-0.15, -0.1) is 0 Å². The van der Waals surface area contributed by atoms with Gasteiger partial charge in [0.05, 0.1) is 6.04 Å². The standard InChI is InChI=1S/C11H12FN/c1-7-2-5-9(10(12)6-7)11(13)8-3-4-8/h2-3,5-6,11H,4,13H2,1H3/t11-/m1/s1. The third-order valence-electron chi connectivity index (χ3n) is 2.33. The number of allylic oxidation sites excluding steroid dienone is 1. The summed E-state index contributed by atoms with van der Waals surface area (Å²) in [6.07, 6.45) is 2.97. The number of nitrogens with two attached hydrogens (primary N) is 1. The molecule has 1 aromatic rings. The molecule has 0 bridgehead atoms. The van der Waals surface area contributed by atoms with Crippen LogP contribution in [0.4, 0.5) is 4.39 Å². The van der Waals surface area contributed by atoms with E-state index in [1.165, 1.54) is 6.07 Å². The van der Waals surface area contributed by atoms with Crippen molar-refractivity contribution >= 4 is 0 Å². The van der Waals surface area contributed by atoms with Crippen molar-refractivity contribution in [3.05, 3.63) is 46.8 Å². The summed E-state index contributed by atoms with van der Waals surface area (Å²) in [5.74, 6) is -0.194. The van der Waals surface area contributed by atoms with Gasteiger partial charge in [-0.05, 0) is 30.5 Å². The smallest absolute Gasteiger partial charge is 0.128 e. The number of halogens is 1. The molecule has 0 spiro atoms. The summed E-state index contributed by atoms with van der Waals surface area (Å²) in [5, 5.41) is 0. The van der Waals surface area contributed by atoms with E-state index in [1.807, 2.05) is 19.1 Å². The Morgan fingerprint density at radius 1 is 1.46 bits per heavy atom. The highest BCUT2D eigenvalue weighted by Gasteiger charge is 2.20. The van der Waals surface area contributed by atoms with Gasteiger partial charge in [0.2, 0.25) is 0 Å². The molecule has 2 N–H and O–H groups in total. The Balaban J connectivity index is 2.34. The lowest BCUT2D eigenvalue weighted by Gasteiger charge is -2.09. The Kier molecular flexibility index (Phi) is 1.93. The summed E-state index contributed by atoms with van der Waals surface area (Å²) < 4.78 is 13.4. The van der Waals surface area contributed by atoms with E-state index in [-0.39, 0.29) is 11.9 Å². The van der Waals surface area contributed by atoms with Gasteiger partial charge >= 0.3 is 0 Å². The van der Waals surface area contributed by atoms with Crippen LogP contribution in [0, 0.1) is 12.7 Å². The predicted molar refractivity (Wildman–Crippen MR) is 50.8 cm³/mol. The highest BCUT2D eigenvalue weighted by atomic mass is 19.1. The molecule has 2 heteroatoms. The fourth-order valence-corrected chi connectivity index (χ4v) is 1.40. The highest BCUT2D eigenvalue weighted by molar-refractivity contribution is 5.37. The van der Waals surface area contributed by atoms with Crippen molar-refractivity contribution in [3.63, 3.8) is 0 Å². The molecule has 0 saturated carbocycles. The van der Waals surface area contributed by atoms with Crippen LogP contribution in [-0.4, -0.2) is 0 Å². The van der Waals surface area contributed by atoms with Crippen molar-refractivity contribution in [2.24, 2.45) is 5.73 Å². The predicted octanol–water partition coefficient (Wildman–Crippen LogP) is 2.46. The second kappa shape index (κ2) is 2.96. The van der Waals surface area contributed by atoms with Gasteiger partial charge < -0.3 is 5.73 Å². The molecular weight excluding hydrogens is 165 g/mol. The number of benzene rings is 1. The van der Waals surface area contributed by atoms with Gasteiger partial charge in [0.15, 0.2) is 0 Å². The molecule has 68 valence electrons. The van der Waals surface area contributed by atoms with Crippen molar-refractivity contribution < 1.29 is 4.39 Å². The molecule has 0 saturated heterocycles. The van der Waals surface area contributed by atoms with Crippen molar-refractivity contribution in [1.29, 1.82) is 0 Å². The SMILES string of the molecule is Cc1ccc([C@H](N)C2=CC2)c(F)c1. The highest BCUT2D eigenvalue weighted by Crippen LogP contribution is 2.32. The minimum Gasteiger partial charge on any atom is -0.320 e. The van der Waals surface area contributed by atoms with E-state index < -0.39 is 0 Å². The van der Waals surface area contributed by atoms with Crippen LogP contribution < -0.4 is 5.73 Å². The molecule has 1 aromatic carbocycles. The Bertz CT molecular complexity index is 368. The van der Waals surface area contributed by atoms with Crippen LogP contribution in [0.15, 0.2) is 29.8 Å². The van der Waals surface area contributed by atoms with E-state index in [4.69, 9.17) is 5.73 Å². The normalized spacial score (nSPS) is 16.7. The summed E-state index contributed by atoms with van der Waals surface area (Å²) >= 11 is 0. The monoisotopic (exact) mass is 177 g/mol. The van der Waals surface area contributed by atoms with Crippen LogP contribution in [-0.2, 0) is 0 Å². The van der Waals surface area contributed by atoms with Crippen molar-refractivity contribution in [2.75, 3.05) is 0 Å². The lowest BCUT2D eigenvalue weighted by Crippen LogP contribution is -2.10. The molecule has 0 fully saturated rings. The van der Waals surface area contributed by atoms with Gasteiger partial charge in [-0.1, -0.05) is 18.2 Å². The first-order valence-electron chi connectivity index (χ1n) is 4.39. The zero-order chi connectivity index (χ0) is 9.42. The van der Waals surface area contributed by atoms with Gasteiger partial charge in [0, 0.05) is 5.56 Å². The molecule has 1 aliphatic rings. The molecule has 0 amide bonds. The Morgan fingerprint density at radius 3 is 2.69 bits per heavy atom. The largest absolute Gasteiger partial charge is 0.320 e. The van der Waals surface area contributed by atoms with Crippen molar-refractivity contribution in [2.45, 2.75) is 19.4 Å². The fourth-order valence-electron chi connectivity index (χ4n) is 1.40. The van der Waals surface area contributed by atoms with Crippen LogP contribution in [0.25, 0.3) is 0 Å². The molecule has 0 radical (unpaired) electrons. The average Bonchev–Trinajstić information content (AvgIpc) is 2.85. The third kappa shape index (κ3) is 1.63. The van der Waals surface area contributed by atoms with Crippen LogP contribution in [0.1, 0.15) is 23.6 Å². The van der Waals surface area contributed by atoms with E-state index in [2.05, 4.69) is 0 Å². The number of hydrogen-bond donors (Lipinski definition) is 1. The second-order valence-electron chi connectivity index (χ2n) is 3.49. The van der Waals surface area contributed by atoms with Gasteiger partial charge in [-0.3, -0.25) is 0 Å². The molecule has 1 aliphatic carbocycles. The molecule has 0 aromatic heterocycles. The lowest BCUT2D eigenvalue weighted by molar-refractivity contribution is 0.598. The number of hydrogen-bond acceptors (Lipinski definition) is 1. The van der Waals surface area contributed by atoms with E-state index in [1.54, 1.807) is 6.07 Å². The van der Waals surface area contributed by atoms with E-state index in [0.717, 1.165) is 17.6 Å². The maximum atomic E-state index is 13.4. The average molecular weight is 177 g/mol. The Labute approximate surface area is 77.1 Å². The topological polar surface area (TPSA) is 26.0 Å². The van der Waals surface area contributed by atoms with Crippen molar-refractivity contribution in [1.82, 2.24) is 0 Å². The molecule has 0 unspecified atom stereocenters. The second-order valence-corrected chi connectivity index (χ2v) is 3.49. The maximum absolute atomic E-state index is 13.4. The summed E-state index contributed by atoms with van der Waals surface area (Å²) in [6.45, 7) is 1.87. The summed E-state index contributed by atoms with van der Waals surface area (Å²) in [6, 6.07) is 4.95. The van der Waals surface area contributed by atoms with Crippen LogP contribution >= 0.6 is 0 Å². The van der Waals surface area contributed by atoms with Gasteiger partial charge in [-0.25, -0.2) is 4.39 Å².